The van der Waals surface area contributed by atoms with Crippen LogP contribution < -0.4 is 9.62 Å². The van der Waals surface area contributed by atoms with Gasteiger partial charge in [-0.15, -0.1) is 0 Å². The highest BCUT2D eigenvalue weighted by Crippen LogP contribution is 2.34. The van der Waals surface area contributed by atoms with Gasteiger partial charge in [-0.25, -0.2) is 13.2 Å². The number of esters is 1. The second kappa shape index (κ2) is 8.07. The quantitative estimate of drug-likeness (QED) is 0.727. The van der Waals surface area contributed by atoms with Crippen molar-refractivity contribution in [3.05, 3.63) is 29.3 Å². The molecule has 0 fully saturated rings. The summed E-state index contributed by atoms with van der Waals surface area (Å²) >= 11 is 0. The fraction of sp³-hybridized carbons (Fsp3) is 0.556. The first-order valence-corrected chi connectivity index (χ1v) is 10.6. The Morgan fingerprint density at radius 1 is 1.31 bits per heavy atom. The lowest BCUT2D eigenvalue weighted by atomic mass is 10.1. The number of hydrogen-bond acceptors (Lipinski definition) is 5. The predicted molar refractivity (Wildman–Crippen MR) is 99.7 cm³/mol. The molecule has 0 aliphatic carbocycles. The van der Waals surface area contributed by atoms with E-state index < -0.39 is 16.0 Å². The van der Waals surface area contributed by atoms with Crippen LogP contribution in [-0.4, -0.2) is 45.2 Å². The molecular formula is C18H26N2O5S. The van der Waals surface area contributed by atoms with Crippen molar-refractivity contribution >= 4 is 27.6 Å². The summed E-state index contributed by atoms with van der Waals surface area (Å²) in [6, 6.07) is 4.65. The maximum Gasteiger partial charge on any atom is 0.338 e. The van der Waals surface area contributed by atoms with Crippen LogP contribution in [0.2, 0.25) is 0 Å². The molecule has 0 aromatic heterocycles. The molecule has 2 rings (SSSR count). The van der Waals surface area contributed by atoms with Crippen molar-refractivity contribution in [3.63, 3.8) is 0 Å². The van der Waals surface area contributed by atoms with Crippen molar-refractivity contribution in [1.29, 1.82) is 0 Å². The number of rotatable bonds is 7. The number of carbonyl (C=O) groups is 2. The van der Waals surface area contributed by atoms with Crippen molar-refractivity contribution in [2.75, 3.05) is 17.2 Å². The van der Waals surface area contributed by atoms with Gasteiger partial charge in [0.1, 0.15) is 0 Å². The van der Waals surface area contributed by atoms with Crippen LogP contribution in [0.3, 0.4) is 0 Å². The number of sulfonamides is 1. The van der Waals surface area contributed by atoms with E-state index in [2.05, 4.69) is 5.32 Å². The van der Waals surface area contributed by atoms with Crippen LogP contribution >= 0.6 is 0 Å². The Morgan fingerprint density at radius 2 is 1.96 bits per heavy atom. The first-order valence-electron chi connectivity index (χ1n) is 8.76. The number of benzene rings is 1. The fourth-order valence-corrected chi connectivity index (χ4v) is 4.48. The molecule has 1 N–H and O–H groups in total. The highest BCUT2D eigenvalue weighted by atomic mass is 32.2. The van der Waals surface area contributed by atoms with E-state index in [-0.39, 0.29) is 24.6 Å². The minimum atomic E-state index is -3.37. The van der Waals surface area contributed by atoms with E-state index in [1.807, 2.05) is 20.8 Å². The van der Waals surface area contributed by atoms with Crippen molar-refractivity contribution in [1.82, 2.24) is 5.32 Å². The van der Waals surface area contributed by atoms with Crippen LogP contribution in [0.25, 0.3) is 0 Å². The van der Waals surface area contributed by atoms with Gasteiger partial charge in [-0.3, -0.25) is 9.10 Å². The third-order valence-electron chi connectivity index (χ3n) is 4.51. The molecule has 1 aliphatic rings. The number of nitrogens with one attached hydrogen (secondary N) is 1. The SMILES string of the molecule is CCC(CC)NC(=O)COC(=O)c1ccc2c(c1)C[C@@H](C)N2S(C)(=O)=O. The summed E-state index contributed by atoms with van der Waals surface area (Å²) < 4.78 is 30.3. The number of ether oxygens (including phenoxy) is 1. The van der Waals surface area contributed by atoms with Crippen LogP contribution in [0, 0.1) is 0 Å². The zero-order valence-corrected chi connectivity index (χ0v) is 16.4. The Bertz CT molecular complexity index is 787. The van der Waals surface area contributed by atoms with Crippen LogP contribution in [0.4, 0.5) is 5.69 Å². The van der Waals surface area contributed by atoms with Crippen LogP contribution in [-0.2, 0) is 26.0 Å². The van der Waals surface area contributed by atoms with Crippen molar-refractivity contribution in [3.8, 4) is 0 Å². The van der Waals surface area contributed by atoms with E-state index in [0.717, 1.165) is 18.4 Å². The average molecular weight is 382 g/mol. The Kier molecular flexibility index (Phi) is 6.28. The first kappa shape index (κ1) is 20.2. The Morgan fingerprint density at radius 3 is 2.54 bits per heavy atom. The van der Waals surface area contributed by atoms with E-state index in [0.29, 0.717) is 17.7 Å². The van der Waals surface area contributed by atoms with Gasteiger partial charge in [0.2, 0.25) is 10.0 Å². The number of carbonyl (C=O) groups excluding carboxylic acids is 2. The van der Waals surface area contributed by atoms with Gasteiger partial charge in [-0.05, 0) is 49.9 Å². The van der Waals surface area contributed by atoms with Gasteiger partial charge in [0.25, 0.3) is 5.91 Å². The summed E-state index contributed by atoms with van der Waals surface area (Å²) in [7, 11) is -3.37. The Hall–Kier alpha value is -2.09. The van der Waals surface area contributed by atoms with Crippen molar-refractivity contribution in [2.24, 2.45) is 0 Å². The highest BCUT2D eigenvalue weighted by Gasteiger charge is 2.32. The molecule has 1 aliphatic heterocycles. The second-order valence-corrected chi connectivity index (χ2v) is 8.47. The molecule has 1 atom stereocenters. The van der Waals surface area contributed by atoms with E-state index in [1.165, 1.54) is 16.6 Å². The Balaban J connectivity index is 2.04. The second-order valence-electron chi connectivity index (χ2n) is 6.61. The monoisotopic (exact) mass is 382 g/mol. The molecule has 8 heteroatoms. The Labute approximate surface area is 154 Å². The van der Waals surface area contributed by atoms with Gasteiger partial charge in [0.15, 0.2) is 6.61 Å². The van der Waals surface area contributed by atoms with Crippen molar-refractivity contribution in [2.45, 2.75) is 52.1 Å². The summed E-state index contributed by atoms with van der Waals surface area (Å²) in [4.78, 5) is 24.0. The minimum absolute atomic E-state index is 0.0738. The number of nitrogens with zero attached hydrogens (tertiary/aromatic N) is 1. The average Bonchev–Trinajstić information content (AvgIpc) is 2.92. The van der Waals surface area contributed by atoms with Gasteiger partial charge < -0.3 is 10.1 Å². The summed E-state index contributed by atoms with van der Waals surface area (Å²) in [6.07, 6.45) is 3.32. The topological polar surface area (TPSA) is 92.8 Å². The van der Waals surface area contributed by atoms with Gasteiger partial charge in [0, 0.05) is 12.1 Å². The molecule has 1 heterocycles. The van der Waals surface area contributed by atoms with Gasteiger partial charge in [0.05, 0.1) is 17.5 Å². The predicted octanol–water partition coefficient (Wildman–Crippen LogP) is 1.86. The molecule has 26 heavy (non-hydrogen) atoms. The number of hydrogen-bond donors (Lipinski definition) is 1. The maximum absolute atomic E-state index is 12.2. The van der Waals surface area contributed by atoms with Crippen molar-refractivity contribution < 1.29 is 22.7 Å². The van der Waals surface area contributed by atoms with E-state index >= 15 is 0 Å². The zero-order chi connectivity index (χ0) is 19.5. The summed E-state index contributed by atoms with van der Waals surface area (Å²) in [5.74, 6) is -0.928. The normalized spacial score (nSPS) is 16.5. The molecule has 1 aromatic carbocycles. The molecule has 1 amide bonds. The summed E-state index contributed by atoms with van der Waals surface area (Å²) in [5, 5.41) is 2.80. The summed E-state index contributed by atoms with van der Waals surface area (Å²) in [6.45, 7) is 5.44. The third kappa shape index (κ3) is 4.55. The van der Waals surface area contributed by atoms with E-state index in [1.54, 1.807) is 12.1 Å². The van der Waals surface area contributed by atoms with Crippen LogP contribution in [0.5, 0.6) is 0 Å². The molecule has 0 radical (unpaired) electrons. The molecule has 0 bridgehead atoms. The first-order chi connectivity index (χ1) is 12.2. The molecule has 7 nitrogen and oxygen atoms in total. The zero-order valence-electron chi connectivity index (χ0n) is 15.6. The lowest BCUT2D eigenvalue weighted by Gasteiger charge is -2.21. The highest BCUT2D eigenvalue weighted by molar-refractivity contribution is 7.92. The minimum Gasteiger partial charge on any atom is -0.452 e. The van der Waals surface area contributed by atoms with Crippen LogP contribution in [0.1, 0.15) is 49.5 Å². The molecule has 0 spiro atoms. The van der Waals surface area contributed by atoms with Crippen LogP contribution in [0.15, 0.2) is 18.2 Å². The van der Waals surface area contributed by atoms with Gasteiger partial charge in [-0.1, -0.05) is 13.8 Å². The smallest absolute Gasteiger partial charge is 0.338 e. The van der Waals surface area contributed by atoms with Gasteiger partial charge >= 0.3 is 5.97 Å². The largest absolute Gasteiger partial charge is 0.452 e. The van der Waals surface area contributed by atoms with E-state index in [9.17, 15) is 18.0 Å². The molecule has 1 aromatic rings. The molecule has 144 valence electrons. The van der Waals surface area contributed by atoms with Gasteiger partial charge in [-0.2, -0.15) is 0 Å². The molecule has 0 unspecified atom stereocenters. The maximum atomic E-state index is 12.2. The number of anilines is 1. The number of fused-ring (bicyclic) bond motifs is 1. The fourth-order valence-electron chi connectivity index (χ4n) is 3.21. The summed E-state index contributed by atoms with van der Waals surface area (Å²) in [5.41, 5.74) is 1.67. The number of amides is 1. The molecular weight excluding hydrogens is 356 g/mol. The lowest BCUT2D eigenvalue weighted by Crippen LogP contribution is -2.36. The molecule has 0 saturated carbocycles. The van der Waals surface area contributed by atoms with E-state index in [4.69, 9.17) is 4.74 Å². The standard InChI is InChI=1S/C18H26N2O5S/c1-5-15(6-2)19-17(21)11-25-18(22)13-7-8-16-14(10-13)9-12(3)20(16)26(4,23)24/h7-8,10,12,15H,5-6,9,11H2,1-4H3,(H,19,21)/t12-/m1/s1. The lowest BCUT2D eigenvalue weighted by molar-refractivity contribution is -0.125. The third-order valence-corrected chi connectivity index (χ3v) is 5.78. The molecule has 0 saturated heterocycles.